The maximum absolute atomic E-state index is 12.1. The van der Waals surface area contributed by atoms with Crippen molar-refractivity contribution in [1.82, 2.24) is 10.3 Å². The Bertz CT molecular complexity index is 740. The van der Waals surface area contributed by atoms with Gasteiger partial charge in [-0.05, 0) is 36.6 Å². The molecule has 3 heteroatoms. The van der Waals surface area contributed by atoms with Gasteiger partial charge in [-0.3, -0.25) is 4.79 Å². The predicted molar refractivity (Wildman–Crippen MR) is 85.5 cm³/mol. The molecule has 3 rings (SSSR count). The van der Waals surface area contributed by atoms with E-state index in [4.69, 9.17) is 0 Å². The summed E-state index contributed by atoms with van der Waals surface area (Å²) < 4.78 is 0. The highest BCUT2D eigenvalue weighted by atomic mass is 16.1. The zero-order valence-corrected chi connectivity index (χ0v) is 12.0. The molecule has 0 aliphatic heterocycles. The number of nitrogens with one attached hydrogen (secondary N) is 2. The van der Waals surface area contributed by atoms with Gasteiger partial charge in [-0.25, -0.2) is 0 Å². The van der Waals surface area contributed by atoms with E-state index in [1.54, 1.807) is 0 Å². The summed E-state index contributed by atoms with van der Waals surface area (Å²) in [5, 5.41) is 4.02. The van der Waals surface area contributed by atoms with Crippen LogP contribution in [0.1, 0.15) is 21.6 Å². The lowest BCUT2D eigenvalue weighted by molar-refractivity contribution is 0.0950. The lowest BCUT2D eigenvalue weighted by Gasteiger charge is -2.06. The first-order valence-corrected chi connectivity index (χ1v) is 7.14. The molecule has 106 valence electrons. The molecule has 3 nitrogen and oxygen atoms in total. The van der Waals surface area contributed by atoms with Gasteiger partial charge in [0.25, 0.3) is 5.91 Å². The van der Waals surface area contributed by atoms with Gasteiger partial charge >= 0.3 is 0 Å². The Morgan fingerprint density at radius 2 is 1.86 bits per heavy atom. The Labute approximate surface area is 124 Å². The van der Waals surface area contributed by atoms with Crippen LogP contribution < -0.4 is 5.32 Å². The number of para-hydroxylation sites is 1. The van der Waals surface area contributed by atoms with Crippen molar-refractivity contribution in [2.24, 2.45) is 0 Å². The minimum Gasteiger partial charge on any atom is -0.351 e. The first-order chi connectivity index (χ1) is 10.2. The van der Waals surface area contributed by atoms with Crippen LogP contribution in [0.4, 0.5) is 0 Å². The third kappa shape index (κ3) is 2.97. The molecule has 0 unspecified atom stereocenters. The molecule has 2 N–H and O–H groups in total. The van der Waals surface area contributed by atoms with Crippen molar-refractivity contribution >= 4 is 16.8 Å². The number of rotatable bonds is 4. The van der Waals surface area contributed by atoms with Crippen molar-refractivity contribution in [2.45, 2.75) is 13.3 Å². The molecule has 0 radical (unpaired) electrons. The largest absolute Gasteiger partial charge is 0.351 e. The molecular weight excluding hydrogens is 260 g/mol. The van der Waals surface area contributed by atoms with Gasteiger partial charge in [0.05, 0.1) is 0 Å². The summed E-state index contributed by atoms with van der Waals surface area (Å²) in [6, 6.07) is 18.0. The second-order valence-electron chi connectivity index (χ2n) is 5.20. The van der Waals surface area contributed by atoms with Crippen LogP contribution in [0.2, 0.25) is 0 Å². The third-order valence-electron chi connectivity index (χ3n) is 3.72. The summed E-state index contributed by atoms with van der Waals surface area (Å²) in [6.45, 7) is 2.73. The number of H-pyrrole nitrogens is 1. The van der Waals surface area contributed by atoms with Crippen LogP contribution in [0, 0.1) is 6.92 Å². The van der Waals surface area contributed by atoms with Crippen LogP contribution in [-0.2, 0) is 6.42 Å². The smallest absolute Gasteiger partial charge is 0.267 e. The van der Waals surface area contributed by atoms with Crippen molar-refractivity contribution in [1.29, 1.82) is 0 Å². The van der Waals surface area contributed by atoms with Gasteiger partial charge in [-0.1, -0.05) is 42.5 Å². The quantitative estimate of drug-likeness (QED) is 0.754. The molecule has 0 saturated carbocycles. The Hall–Kier alpha value is -2.55. The van der Waals surface area contributed by atoms with Crippen LogP contribution in [0.5, 0.6) is 0 Å². The Morgan fingerprint density at radius 1 is 1.10 bits per heavy atom. The first-order valence-electron chi connectivity index (χ1n) is 7.14. The Balaban J connectivity index is 1.63. The Kier molecular flexibility index (Phi) is 3.73. The van der Waals surface area contributed by atoms with Crippen molar-refractivity contribution in [3.8, 4) is 0 Å². The van der Waals surface area contributed by atoms with Gasteiger partial charge < -0.3 is 10.3 Å². The summed E-state index contributed by atoms with van der Waals surface area (Å²) in [5.74, 6) is -0.0558. The second kappa shape index (κ2) is 5.83. The SMILES string of the molecule is Cc1ccccc1CCNC(=O)c1cc2ccccc2[nH]1. The van der Waals surface area contributed by atoms with E-state index >= 15 is 0 Å². The zero-order valence-electron chi connectivity index (χ0n) is 12.0. The molecule has 0 bridgehead atoms. The Morgan fingerprint density at radius 3 is 2.67 bits per heavy atom. The second-order valence-corrected chi connectivity index (χ2v) is 5.20. The summed E-state index contributed by atoms with van der Waals surface area (Å²) in [4.78, 5) is 15.3. The number of benzene rings is 2. The number of aryl methyl sites for hydroxylation is 1. The van der Waals surface area contributed by atoms with Gasteiger partial charge in [0.1, 0.15) is 5.69 Å². The van der Waals surface area contributed by atoms with E-state index in [1.807, 2.05) is 42.5 Å². The molecule has 1 heterocycles. The van der Waals surface area contributed by atoms with Crippen LogP contribution in [-0.4, -0.2) is 17.4 Å². The van der Waals surface area contributed by atoms with Crippen molar-refractivity contribution < 1.29 is 4.79 Å². The fourth-order valence-corrected chi connectivity index (χ4v) is 2.49. The molecule has 0 aliphatic carbocycles. The molecule has 1 aromatic heterocycles. The minimum absolute atomic E-state index is 0.0558. The molecule has 0 fully saturated rings. The normalized spacial score (nSPS) is 10.7. The highest BCUT2D eigenvalue weighted by Gasteiger charge is 2.08. The number of aromatic nitrogens is 1. The van der Waals surface area contributed by atoms with Gasteiger partial charge in [0.2, 0.25) is 0 Å². The molecule has 0 atom stereocenters. The molecule has 21 heavy (non-hydrogen) atoms. The van der Waals surface area contributed by atoms with Crippen LogP contribution in [0.15, 0.2) is 54.6 Å². The highest BCUT2D eigenvalue weighted by Crippen LogP contribution is 2.14. The van der Waals surface area contributed by atoms with E-state index in [2.05, 4.69) is 29.4 Å². The summed E-state index contributed by atoms with van der Waals surface area (Å²) >= 11 is 0. The van der Waals surface area contributed by atoms with Gasteiger partial charge in [0, 0.05) is 17.4 Å². The molecule has 3 aromatic rings. The number of hydrogen-bond donors (Lipinski definition) is 2. The zero-order chi connectivity index (χ0) is 14.7. The maximum atomic E-state index is 12.1. The van der Waals surface area contributed by atoms with E-state index in [0.717, 1.165) is 17.3 Å². The summed E-state index contributed by atoms with van der Waals surface area (Å²) in [6.07, 6.45) is 0.846. The molecular formula is C18H18N2O. The lowest BCUT2D eigenvalue weighted by atomic mass is 10.1. The lowest BCUT2D eigenvalue weighted by Crippen LogP contribution is -2.26. The summed E-state index contributed by atoms with van der Waals surface area (Å²) in [5.41, 5.74) is 4.13. The highest BCUT2D eigenvalue weighted by molar-refractivity contribution is 5.97. The molecule has 2 aromatic carbocycles. The molecule has 1 amide bonds. The van der Waals surface area contributed by atoms with Crippen molar-refractivity contribution in [3.05, 3.63) is 71.4 Å². The summed E-state index contributed by atoms with van der Waals surface area (Å²) in [7, 11) is 0. The fourth-order valence-electron chi connectivity index (χ4n) is 2.49. The third-order valence-corrected chi connectivity index (χ3v) is 3.72. The molecule has 0 saturated heterocycles. The van der Waals surface area contributed by atoms with E-state index in [-0.39, 0.29) is 5.91 Å². The van der Waals surface area contributed by atoms with Gasteiger partial charge in [-0.15, -0.1) is 0 Å². The van der Waals surface area contributed by atoms with E-state index in [9.17, 15) is 4.79 Å². The molecule has 0 aliphatic rings. The number of hydrogen-bond acceptors (Lipinski definition) is 1. The van der Waals surface area contributed by atoms with Crippen LogP contribution in [0.25, 0.3) is 10.9 Å². The van der Waals surface area contributed by atoms with E-state index < -0.39 is 0 Å². The topological polar surface area (TPSA) is 44.9 Å². The minimum atomic E-state index is -0.0558. The van der Waals surface area contributed by atoms with Gasteiger partial charge in [-0.2, -0.15) is 0 Å². The van der Waals surface area contributed by atoms with Crippen LogP contribution >= 0.6 is 0 Å². The maximum Gasteiger partial charge on any atom is 0.267 e. The monoisotopic (exact) mass is 278 g/mol. The van der Waals surface area contributed by atoms with Crippen molar-refractivity contribution in [3.63, 3.8) is 0 Å². The van der Waals surface area contributed by atoms with E-state index in [0.29, 0.717) is 12.2 Å². The number of carbonyl (C=O) groups is 1. The molecule has 0 spiro atoms. The average Bonchev–Trinajstić information content (AvgIpc) is 2.93. The fraction of sp³-hybridized carbons (Fsp3) is 0.167. The van der Waals surface area contributed by atoms with Crippen molar-refractivity contribution in [2.75, 3.05) is 6.54 Å². The van der Waals surface area contributed by atoms with Gasteiger partial charge in [0.15, 0.2) is 0 Å². The first kappa shape index (κ1) is 13.4. The number of carbonyl (C=O) groups excluding carboxylic acids is 1. The number of amides is 1. The van der Waals surface area contributed by atoms with E-state index in [1.165, 1.54) is 11.1 Å². The van der Waals surface area contributed by atoms with Crippen LogP contribution in [0.3, 0.4) is 0 Å². The number of aromatic amines is 1. The average molecular weight is 278 g/mol. The predicted octanol–water partition coefficient (Wildman–Crippen LogP) is 3.45. The standard InChI is InChI=1S/C18H18N2O/c1-13-6-2-3-7-14(13)10-11-19-18(21)17-12-15-8-4-5-9-16(15)20-17/h2-9,12,20H,10-11H2,1H3,(H,19,21). The number of fused-ring (bicyclic) bond motifs is 1.